The molecular formula is C15H23NO2S. The number of aliphatic hydroxyl groups is 1. The van der Waals surface area contributed by atoms with Gasteiger partial charge >= 0.3 is 0 Å². The van der Waals surface area contributed by atoms with Crippen molar-refractivity contribution in [3.05, 3.63) is 29.8 Å². The maximum absolute atomic E-state index is 9.13. The van der Waals surface area contributed by atoms with E-state index in [9.17, 15) is 0 Å². The Hall–Kier alpha value is -0.710. The second-order valence-corrected chi connectivity index (χ2v) is 6.32. The molecule has 19 heavy (non-hydrogen) atoms. The van der Waals surface area contributed by atoms with Gasteiger partial charge in [0.25, 0.3) is 0 Å². The number of hydrogen-bond donors (Lipinski definition) is 2. The van der Waals surface area contributed by atoms with Crippen LogP contribution in [0.25, 0.3) is 0 Å². The van der Waals surface area contributed by atoms with E-state index in [4.69, 9.17) is 9.84 Å². The second-order valence-electron chi connectivity index (χ2n) is 5.04. The number of ether oxygens (including phenoxy) is 1. The Bertz CT molecular complexity index is 399. The van der Waals surface area contributed by atoms with Crippen LogP contribution in [0.1, 0.15) is 25.5 Å². The third-order valence-corrected chi connectivity index (χ3v) is 4.96. The van der Waals surface area contributed by atoms with Gasteiger partial charge in [-0.3, -0.25) is 0 Å². The Kier molecular flexibility index (Phi) is 5.55. The zero-order valence-corrected chi connectivity index (χ0v) is 12.5. The third kappa shape index (κ3) is 3.65. The maximum atomic E-state index is 9.13. The molecule has 3 atom stereocenters. The molecule has 0 bridgehead atoms. The second kappa shape index (κ2) is 7.17. The number of para-hydroxylation sites is 1. The lowest BCUT2D eigenvalue weighted by Crippen LogP contribution is -2.38. The monoisotopic (exact) mass is 281 g/mol. The number of nitrogens with one attached hydrogen (secondary N) is 1. The lowest BCUT2D eigenvalue weighted by atomic mass is 10.0. The Balaban J connectivity index is 2.08. The highest BCUT2D eigenvalue weighted by atomic mass is 32.2. The van der Waals surface area contributed by atoms with Gasteiger partial charge in [-0.15, -0.1) is 0 Å². The Morgan fingerprint density at radius 3 is 3.00 bits per heavy atom. The van der Waals surface area contributed by atoms with Gasteiger partial charge in [0.2, 0.25) is 0 Å². The predicted octanol–water partition coefficient (Wildman–Crippen LogP) is 2.46. The summed E-state index contributed by atoms with van der Waals surface area (Å²) >= 11 is 1.89. The average molecular weight is 281 g/mol. The molecule has 0 fully saturated rings. The van der Waals surface area contributed by atoms with Crippen LogP contribution in [-0.4, -0.2) is 35.9 Å². The van der Waals surface area contributed by atoms with E-state index in [1.165, 1.54) is 5.56 Å². The highest BCUT2D eigenvalue weighted by Crippen LogP contribution is 2.37. The molecule has 1 aliphatic heterocycles. The molecule has 0 saturated carbocycles. The van der Waals surface area contributed by atoms with Crippen LogP contribution in [0.15, 0.2) is 24.3 Å². The van der Waals surface area contributed by atoms with Crippen molar-refractivity contribution in [3.63, 3.8) is 0 Å². The minimum absolute atomic E-state index is 0.253. The molecule has 2 rings (SSSR count). The Morgan fingerprint density at radius 2 is 2.26 bits per heavy atom. The number of fused-ring (bicyclic) bond motifs is 1. The molecular weight excluding hydrogens is 258 g/mol. The molecule has 1 aromatic rings. The van der Waals surface area contributed by atoms with Gasteiger partial charge in [-0.25, -0.2) is 0 Å². The van der Waals surface area contributed by atoms with E-state index in [0.717, 1.165) is 24.7 Å². The van der Waals surface area contributed by atoms with Crippen molar-refractivity contribution < 1.29 is 9.84 Å². The van der Waals surface area contributed by atoms with E-state index in [1.807, 2.05) is 23.9 Å². The SMILES string of the molecule is CCNC1c2ccccc2OCC1SCC(C)CO. The summed E-state index contributed by atoms with van der Waals surface area (Å²) in [5.74, 6) is 2.30. The summed E-state index contributed by atoms with van der Waals surface area (Å²) in [6, 6.07) is 8.60. The molecule has 4 heteroatoms. The fourth-order valence-corrected chi connectivity index (χ4v) is 3.56. The van der Waals surface area contributed by atoms with E-state index in [-0.39, 0.29) is 6.61 Å². The molecule has 1 heterocycles. The maximum Gasteiger partial charge on any atom is 0.124 e. The van der Waals surface area contributed by atoms with Crippen molar-refractivity contribution in [1.29, 1.82) is 0 Å². The summed E-state index contributed by atoms with van der Waals surface area (Å²) in [6.07, 6.45) is 0. The van der Waals surface area contributed by atoms with Crippen LogP contribution in [0.3, 0.4) is 0 Å². The molecule has 0 aliphatic carbocycles. The smallest absolute Gasteiger partial charge is 0.124 e. The van der Waals surface area contributed by atoms with Crippen LogP contribution >= 0.6 is 11.8 Å². The van der Waals surface area contributed by atoms with Gasteiger partial charge < -0.3 is 15.2 Å². The summed E-state index contributed by atoms with van der Waals surface area (Å²) in [6.45, 7) is 6.15. The fraction of sp³-hybridized carbons (Fsp3) is 0.600. The lowest BCUT2D eigenvalue weighted by molar-refractivity contribution is 0.248. The van der Waals surface area contributed by atoms with Gasteiger partial charge in [0, 0.05) is 12.2 Å². The van der Waals surface area contributed by atoms with Gasteiger partial charge in [0.1, 0.15) is 12.4 Å². The summed E-state index contributed by atoms with van der Waals surface area (Å²) in [7, 11) is 0. The highest BCUT2D eigenvalue weighted by molar-refractivity contribution is 8.00. The number of thioether (sulfide) groups is 1. The van der Waals surface area contributed by atoms with Gasteiger partial charge in [-0.1, -0.05) is 32.0 Å². The Morgan fingerprint density at radius 1 is 1.47 bits per heavy atom. The largest absolute Gasteiger partial charge is 0.492 e. The zero-order chi connectivity index (χ0) is 13.7. The molecule has 0 saturated heterocycles. The standard InChI is InChI=1S/C15H23NO2S/c1-3-16-15-12-6-4-5-7-13(12)18-9-14(15)19-10-11(2)8-17/h4-7,11,14-17H,3,8-10H2,1-2H3. The molecule has 3 unspecified atom stereocenters. The first-order valence-electron chi connectivity index (χ1n) is 6.93. The van der Waals surface area contributed by atoms with Crippen molar-refractivity contribution >= 4 is 11.8 Å². The molecule has 0 spiro atoms. The first kappa shape index (κ1) is 14.7. The number of rotatable bonds is 6. The minimum Gasteiger partial charge on any atom is -0.492 e. The van der Waals surface area contributed by atoms with Crippen LogP contribution < -0.4 is 10.1 Å². The number of hydrogen-bond acceptors (Lipinski definition) is 4. The normalized spacial score (nSPS) is 23.5. The van der Waals surface area contributed by atoms with Gasteiger partial charge in [0.05, 0.1) is 11.3 Å². The van der Waals surface area contributed by atoms with Crippen molar-refractivity contribution in [2.24, 2.45) is 5.92 Å². The van der Waals surface area contributed by atoms with Gasteiger partial charge in [-0.05, 0) is 24.3 Å². The molecule has 0 radical (unpaired) electrons. The van der Waals surface area contributed by atoms with Crippen molar-refractivity contribution in [2.45, 2.75) is 25.1 Å². The summed E-state index contributed by atoms with van der Waals surface area (Å²) in [5.41, 5.74) is 1.25. The molecule has 2 N–H and O–H groups in total. The van der Waals surface area contributed by atoms with E-state index < -0.39 is 0 Å². The fourth-order valence-electron chi connectivity index (χ4n) is 2.28. The average Bonchev–Trinajstić information content (AvgIpc) is 2.46. The quantitative estimate of drug-likeness (QED) is 0.840. The molecule has 106 valence electrons. The lowest BCUT2D eigenvalue weighted by Gasteiger charge is -2.34. The number of aliphatic hydroxyl groups excluding tert-OH is 1. The highest BCUT2D eigenvalue weighted by Gasteiger charge is 2.30. The molecule has 1 aliphatic rings. The van der Waals surface area contributed by atoms with Gasteiger partial charge in [-0.2, -0.15) is 11.8 Å². The van der Waals surface area contributed by atoms with Crippen LogP contribution in [-0.2, 0) is 0 Å². The molecule has 0 amide bonds. The van der Waals surface area contributed by atoms with Crippen LogP contribution in [0.5, 0.6) is 5.75 Å². The first-order chi connectivity index (χ1) is 9.26. The van der Waals surface area contributed by atoms with Crippen LogP contribution in [0.4, 0.5) is 0 Å². The van der Waals surface area contributed by atoms with Crippen LogP contribution in [0.2, 0.25) is 0 Å². The van der Waals surface area contributed by atoms with Crippen molar-refractivity contribution in [1.82, 2.24) is 5.32 Å². The molecule has 0 aromatic heterocycles. The summed E-state index contributed by atoms with van der Waals surface area (Å²) in [5, 5.41) is 13.1. The zero-order valence-electron chi connectivity index (χ0n) is 11.6. The third-order valence-electron chi connectivity index (χ3n) is 3.36. The number of benzene rings is 1. The molecule has 3 nitrogen and oxygen atoms in total. The van der Waals surface area contributed by atoms with Crippen molar-refractivity contribution in [3.8, 4) is 5.75 Å². The summed E-state index contributed by atoms with van der Waals surface area (Å²) in [4.78, 5) is 0. The van der Waals surface area contributed by atoms with Crippen LogP contribution in [0, 0.1) is 5.92 Å². The summed E-state index contributed by atoms with van der Waals surface area (Å²) < 4.78 is 5.86. The minimum atomic E-state index is 0.253. The Labute approximate surface area is 119 Å². The van der Waals surface area contributed by atoms with E-state index in [0.29, 0.717) is 17.2 Å². The first-order valence-corrected chi connectivity index (χ1v) is 7.98. The predicted molar refractivity (Wildman–Crippen MR) is 80.9 cm³/mol. The van der Waals surface area contributed by atoms with E-state index >= 15 is 0 Å². The topological polar surface area (TPSA) is 41.5 Å². The van der Waals surface area contributed by atoms with E-state index in [2.05, 4.69) is 31.3 Å². The van der Waals surface area contributed by atoms with Gasteiger partial charge in [0.15, 0.2) is 0 Å². The molecule has 1 aromatic carbocycles. The van der Waals surface area contributed by atoms with Crippen molar-refractivity contribution in [2.75, 3.05) is 25.5 Å². The van der Waals surface area contributed by atoms with E-state index in [1.54, 1.807) is 0 Å².